The molecule has 4 nitrogen and oxygen atoms in total. The fraction of sp³-hybridized carbons (Fsp3) is 0.200. The van der Waals surface area contributed by atoms with E-state index >= 15 is 0 Å². The summed E-state index contributed by atoms with van der Waals surface area (Å²) >= 11 is 5.25. The minimum atomic E-state index is 0.560. The first-order valence-electron chi connectivity index (χ1n) is 6.45. The fourth-order valence-electron chi connectivity index (χ4n) is 1.68. The number of aromatic nitrogens is 1. The van der Waals surface area contributed by atoms with Crippen molar-refractivity contribution in [1.29, 1.82) is 0 Å². The monoisotopic (exact) mass is 287 g/mol. The minimum absolute atomic E-state index is 0.560. The Labute approximate surface area is 124 Å². The van der Waals surface area contributed by atoms with Gasteiger partial charge in [-0.3, -0.25) is 4.98 Å². The number of nitrogens with one attached hydrogen (secondary N) is 2. The number of hydrogen-bond donors (Lipinski definition) is 2. The van der Waals surface area contributed by atoms with E-state index in [0.717, 1.165) is 17.1 Å². The van der Waals surface area contributed by atoms with Crippen molar-refractivity contribution in [3.05, 3.63) is 54.4 Å². The van der Waals surface area contributed by atoms with E-state index in [9.17, 15) is 0 Å². The normalized spacial score (nSPS) is 9.85. The molecule has 0 aliphatic rings. The Bertz CT molecular complexity index is 560. The van der Waals surface area contributed by atoms with E-state index in [1.54, 1.807) is 6.20 Å². The molecule has 1 aromatic heterocycles. The third-order valence-corrected chi connectivity index (χ3v) is 2.81. The molecule has 20 heavy (non-hydrogen) atoms. The van der Waals surface area contributed by atoms with E-state index in [1.165, 1.54) is 0 Å². The first-order chi connectivity index (χ1) is 9.78. The maximum Gasteiger partial charge on any atom is 0.171 e. The second kappa shape index (κ2) is 7.45. The van der Waals surface area contributed by atoms with Crippen molar-refractivity contribution in [2.24, 2.45) is 0 Å². The maximum atomic E-state index is 5.44. The molecule has 0 unspecified atom stereocenters. The highest BCUT2D eigenvalue weighted by Crippen LogP contribution is 2.17. The van der Waals surface area contributed by atoms with Crippen molar-refractivity contribution in [3.63, 3.8) is 0 Å². The van der Waals surface area contributed by atoms with Crippen LogP contribution in [0, 0.1) is 0 Å². The zero-order chi connectivity index (χ0) is 14.2. The van der Waals surface area contributed by atoms with E-state index in [4.69, 9.17) is 17.0 Å². The molecule has 0 saturated heterocycles. The number of ether oxygens (including phenoxy) is 1. The van der Waals surface area contributed by atoms with Crippen LogP contribution in [-0.2, 0) is 6.54 Å². The summed E-state index contributed by atoms with van der Waals surface area (Å²) in [6.07, 6.45) is 1.76. The van der Waals surface area contributed by atoms with Crippen LogP contribution in [0.2, 0.25) is 0 Å². The minimum Gasteiger partial charge on any atom is -0.494 e. The second-order valence-corrected chi connectivity index (χ2v) is 4.50. The van der Waals surface area contributed by atoms with Gasteiger partial charge in [0.15, 0.2) is 5.11 Å². The molecule has 1 heterocycles. The largest absolute Gasteiger partial charge is 0.494 e. The Morgan fingerprint density at radius 3 is 2.90 bits per heavy atom. The molecule has 0 saturated carbocycles. The number of rotatable bonds is 5. The van der Waals surface area contributed by atoms with Gasteiger partial charge in [-0.15, -0.1) is 0 Å². The lowest BCUT2D eigenvalue weighted by Gasteiger charge is -2.11. The molecule has 0 spiro atoms. The lowest BCUT2D eigenvalue weighted by Crippen LogP contribution is -2.28. The summed E-state index contributed by atoms with van der Waals surface area (Å²) < 4.78 is 5.44. The van der Waals surface area contributed by atoms with Crippen molar-refractivity contribution in [2.75, 3.05) is 11.9 Å². The van der Waals surface area contributed by atoms with Crippen molar-refractivity contribution in [1.82, 2.24) is 10.3 Å². The third-order valence-electron chi connectivity index (χ3n) is 2.56. The average Bonchev–Trinajstić information content (AvgIpc) is 2.47. The standard InChI is InChI=1S/C15H17N3OS/c1-2-19-14-8-5-7-12(10-14)18-15(20)17-11-13-6-3-4-9-16-13/h3-10H,2,11H2,1H3,(H2,17,18,20). The molecule has 0 aliphatic carbocycles. The summed E-state index contributed by atoms with van der Waals surface area (Å²) in [4.78, 5) is 4.23. The zero-order valence-electron chi connectivity index (χ0n) is 11.3. The Balaban J connectivity index is 1.86. The lowest BCUT2D eigenvalue weighted by molar-refractivity contribution is 0.340. The van der Waals surface area contributed by atoms with Gasteiger partial charge >= 0.3 is 0 Å². The van der Waals surface area contributed by atoms with Gasteiger partial charge in [0.25, 0.3) is 0 Å². The maximum absolute atomic E-state index is 5.44. The third kappa shape index (κ3) is 4.51. The quantitative estimate of drug-likeness (QED) is 0.828. The molecule has 0 radical (unpaired) electrons. The number of nitrogens with zero attached hydrogens (tertiary/aromatic N) is 1. The molecule has 104 valence electrons. The van der Waals surface area contributed by atoms with Gasteiger partial charge in [0, 0.05) is 18.0 Å². The Kier molecular flexibility index (Phi) is 5.32. The summed E-state index contributed by atoms with van der Waals surface area (Å²) in [6, 6.07) is 13.5. The fourth-order valence-corrected chi connectivity index (χ4v) is 1.87. The second-order valence-electron chi connectivity index (χ2n) is 4.09. The van der Waals surface area contributed by atoms with Crippen LogP contribution in [0.4, 0.5) is 5.69 Å². The number of anilines is 1. The van der Waals surface area contributed by atoms with Crippen LogP contribution >= 0.6 is 12.2 Å². The molecule has 5 heteroatoms. The lowest BCUT2D eigenvalue weighted by atomic mass is 10.3. The van der Waals surface area contributed by atoms with Crippen molar-refractivity contribution < 1.29 is 4.74 Å². The van der Waals surface area contributed by atoms with Gasteiger partial charge in [-0.2, -0.15) is 0 Å². The van der Waals surface area contributed by atoms with Crippen LogP contribution in [0.1, 0.15) is 12.6 Å². The van der Waals surface area contributed by atoms with E-state index in [1.807, 2.05) is 49.4 Å². The Morgan fingerprint density at radius 1 is 1.25 bits per heavy atom. The van der Waals surface area contributed by atoms with Gasteiger partial charge in [-0.05, 0) is 43.4 Å². The zero-order valence-corrected chi connectivity index (χ0v) is 12.1. The summed E-state index contributed by atoms with van der Waals surface area (Å²) in [5, 5.41) is 6.80. The summed E-state index contributed by atoms with van der Waals surface area (Å²) in [5.41, 5.74) is 1.84. The first-order valence-corrected chi connectivity index (χ1v) is 6.86. The smallest absolute Gasteiger partial charge is 0.171 e. The van der Waals surface area contributed by atoms with Crippen LogP contribution in [-0.4, -0.2) is 16.7 Å². The molecule has 2 N–H and O–H groups in total. The van der Waals surface area contributed by atoms with Gasteiger partial charge in [-0.25, -0.2) is 0 Å². The average molecular weight is 287 g/mol. The topological polar surface area (TPSA) is 46.2 Å². The van der Waals surface area contributed by atoms with Crippen LogP contribution in [0.3, 0.4) is 0 Å². The molecule has 2 aromatic rings. The van der Waals surface area contributed by atoms with E-state index in [2.05, 4.69) is 15.6 Å². The molecule has 0 amide bonds. The van der Waals surface area contributed by atoms with Gasteiger partial charge < -0.3 is 15.4 Å². The van der Waals surface area contributed by atoms with Crippen LogP contribution in [0.25, 0.3) is 0 Å². The highest BCUT2D eigenvalue weighted by atomic mass is 32.1. The van der Waals surface area contributed by atoms with Crippen molar-refractivity contribution in [2.45, 2.75) is 13.5 Å². The predicted molar refractivity (Wildman–Crippen MR) is 84.9 cm³/mol. The van der Waals surface area contributed by atoms with Gasteiger partial charge in [0.05, 0.1) is 18.8 Å². The molecule has 1 aromatic carbocycles. The van der Waals surface area contributed by atoms with Crippen molar-refractivity contribution in [3.8, 4) is 5.75 Å². The highest BCUT2D eigenvalue weighted by Gasteiger charge is 2.00. The Hall–Kier alpha value is -2.14. The number of benzene rings is 1. The van der Waals surface area contributed by atoms with Crippen LogP contribution < -0.4 is 15.4 Å². The highest BCUT2D eigenvalue weighted by molar-refractivity contribution is 7.80. The van der Waals surface area contributed by atoms with E-state index in [-0.39, 0.29) is 0 Å². The van der Waals surface area contributed by atoms with E-state index in [0.29, 0.717) is 18.3 Å². The molecule has 0 atom stereocenters. The first kappa shape index (κ1) is 14.3. The van der Waals surface area contributed by atoms with Gasteiger partial charge in [0.1, 0.15) is 5.75 Å². The van der Waals surface area contributed by atoms with Crippen molar-refractivity contribution >= 4 is 23.0 Å². The van der Waals surface area contributed by atoms with Crippen LogP contribution in [0.5, 0.6) is 5.75 Å². The summed E-state index contributed by atoms with van der Waals surface area (Å²) in [6.45, 7) is 3.20. The van der Waals surface area contributed by atoms with E-state index < -0.39 is 0 Å². The number of pyridine rings is 1. The molecule has 0 aliphatic heterocycles. The van der Waals surface area contributed by atoms with Gasteiger partial charge in [0.2, 0.25) is 0 Å². The molecular formula is C15H17N3OS. The van der Waals surface area contributed by atoms with Gasteiger partial charge in [-0.1, -0.05) is 12.1 Å². The number of thiocarbonyl (C=S) groups is 1. The Morgan fingerprint density at radius 2 is 2.15 bits per heavy atom. The van der Waals surface area contributed by atoms with Crippen LogP contribution in [0.15, 0.2) is 48.7 Å². The summed E-state index contributed by atoms with van der Waals surface area (Å²) in [5.74, 6) is 0.824. The molecule has 2 rings (SSSR count). The summed E-state index contributed by atoms with van der Waals surface area (Å²) in [7, 11) is 0. The SMILES string of the molecule is CCOc1cccc(NC(=S)NCc2ccccn2)c1. The molecule has 0 fully saturated rings. The number of hydrogen-bond acceptors (Lipinski definition) is 3. The molecule has 0 bridgehead atoms. The molecular weight excluding hydrogens is 270 g/mol. The predicted octanol–water partition coefficient (Wildman–Crippen LogP) is 2.97.